The van der Waals surface area contributed by atoms with Crippen LogP contribution in [0.4, 0.5) is 0 Å². The van der Waals surface area contributed by atoms with Crippen molar-refractivity contribution in [2.45, 2.75) is 31.0 Å². The summed E-state index contributed by atoms with van der Waals surface area (Å²) in [5, 5.41) is 0. The van der Waals surface area contributed by atoms with Gasteiger partial charge in [0, 0.05) is 14.1 Å². The molecular formula is C16H20N2O3. The number of rotatable bonds is 4. The van der Waals surface area contributed by atoms with Gasteiger partial charge in [-0.1, -0.05) is 30.3 Å². The van der Waals surface area contributed by atoms with Crippen LogP contribution >= 0.6 is 0 Å². The fraction of sp³-hybridized carbons (Fsp3) is 0.562. The monoisotopic (exact) mass is 288 g/mol. The highest BCUT2D eigenvalue weighted by atomic mass is 16.6. The Morgan fingerprint density at radius 3 is 2.71 bits per heavy atom. The van der Waals surface area contributed by atoms with Crippen LogP contribution in [-0.2, 0) is 20.8 Å². The molecule has 21 heavy (non-hydrogen) atoms. The smallest absolute Gasteiger partial charge is 0.287 e. The molecule has 0 N–H and O–H groups in total. The number of hydrogen-bond acceptors (Lipinski definition) is 5. The molecular weight excluding hydrogens is 268 g/mol. The molecule has 1 saturated heterocycles. The van der Waals surface area contributed by atoms with Gasteiger partial charge in [0.05, 0.1) is 25.2 Å². The van der Waals surface area contributed by atoms with E-state index in [1.54, 1.807) is 0 Å². The van der Waals surface area contributed by atoms with E-state index in [0.717, 1.165) is 0 Å². The van der Waals surface area contributed by atoms with Crippen molar-refractivity contribution in [3.05, 3.63) is 35.9 Å². The first kappa shape index (κ1) is 13.1. The SMILES string of the molecule is CN(C)C1=N[C@H]2[C@@H](O1)[C@H](COCc1ccccc1)[C@H]1O[C@@H]21. The second-order valence-electron chi connectivity index (χ2n) is 6.11. The number of epoxide rings is 1. The van der Waals surface area contributed by atoms with Gasteiger partial charge >= 0.3 is 0 Å². The van der Waals surface area contributed by atoms with Gasteiger partial charge < -0.3 is 19.1 Å². The zero-order valence-corrected chi connectivity index (χ0v) is 12.3. The molecule has 0 bridgehead atoms. The maximum atomic E-state index is 5.98. The molecule has 0 unspecified atom stereocenters. The zero-order chi connectivity index (χ0) is 14.4. The molecule has 2 heterocycles. The van der Waals surface area contributed by atoms with Crippen molar-refractivity contribution in [1.82, 2.24) is 4.90 Å². The molecule has 0 radical (unpaired) electrons. The molecule has 3 aliphatic rings. The summed E-state index contributed by atoms with van der Waals surface area (Å²) < 4.78 is 17.6. The van der Waals surface area contributed by atoms with Gasteiger partial charge in [0.25, 0.3) is 6.02 Å². The Kier molecular flexibility index (Phi) is 3.12. The van der Waals surface area contributed by atoms with E-state index in [1.165, 1.54) is 5.56 Å². The maximum Gasteiger partial charge on any atom is 0.287 e. The van der Waals surface area contributed by atoms with E-state index in [1.807, 2.05) is 37.2 Å². The van der Waals surface area contributed by atoms with Crippen molar-refractivity contribution in [2.24, 2.45) is 10.9 Å². The van der Waals surface area contributed by atoms with Crippen molar-refractivity contribution >= 4 is 6.02 Å². The quantitative estimate of drug-likeness (QED) is 0.783. The van der Waals surface area contributed by atoms with Crippen molar-refractivity contribution in [3.8, 4) is 0 Å². The van der Waals surface area contributed by atoms with Crippen LogP contribution in [0.5, 0.6) is 0 Å². The normalized spacial score (nSPS) is 35.7. The Labute approximate surface area is 124 Å². The van der Waals surface area contributed by atoms with E-state index < -0.39 is 0 Å². The topological polar surface area (TPSA) is 46.6 Å². The summed E-state index contributed by atoms with van der Waals surface area (Å²) in [6, 6.07) is 11.1. The van der Waals surface area contributed by atoms with Crippen LogP contribution in [-0.4, -0.2) is 56.0 Å². The van der Waals surface area contributed by atoms with Gasteiger partial charge in [0.15, 0.2) is 0 Å². The Hall–Kier alpha value is -1.59. The van der Waals surface area contributed by atoms with Crippen LogP contribution in [0.2, 0.25) is 0 Å². The summed E-state index contributed by atoms with van der Waals surface area (Å²) in [6.07, 6.45) is 0.614. The van der Waals surface area contributed by atoms with Gasteiger partial charge in [-0.2, -0.15) is 0 Å². The fourth-order valence-electron chi connectivity index (χ4n) is 3.26. The Morgan fingerprint density at radius 2 is 1.95 bits per heavy atom. The molecule has 0 spiro atoms. The Bertz CT molecular complexity index is 546. The third-order valence-electron chi connectivity index (χ3n) is 4.38. The summed E-state index contributed by atoms with van der Waals surface area (Å²) in [5.41, 5.74) is 1.19. The highest BCUT2D eigenvalue weighted by molar-refractivity contribution is 5.75. The van der Waals surface area contributed by atoms with Crippen LogP contribution in [0.25, 0.3) is 0 Å². The minimum atomic E-state index is 0.113. The summed E-state index contributed by atoms with van der Waals surface area (Å²) in [7, 11) is 3.90. The van der Waals surface area contributed by atoms with E-state index in [9.17, 15) is 0 Å². The average Bonchev–Trinajstić information content (AvgIpc) is 3.04. The predicted molar refractivity (Wildman–Crippen MR) is 78.0 cm³/mol. The van der Waals surface area contributed by atoms with Crippen LogP contribution < -0.4 is 0 Å². The highest BCUT2D eigenvalue weighted by Gasteiger charge is 2.65. The molecule has 1 saturated carbocycles. The zero-order valence-electron chi connectivity index (χ0n) is 12.3. The van der Waals surface area contributed by atoms with Crippen LogP contribution in [0.1, 0.15) is 5.56 Å². The lowest BCUT2D eigenvalue weighted by atomic mass is 10.1. The standard InChI is InChI=1S/C16H20N2O3/c1-18(2)16-17-12-13(21-16)11(14-15(12)20-14)9-19-8-10-6-4-3-5-7-10/h3-7,11-15H,8-9H2,1-2H3/t11-,12-,13-,14+,15-/m0/s1. The minimum Gasteiger partial charge on any atom is -0.459 e. The third-order valence-corrected chi connectivity index (χ3v) is 4.38. The Morgan fingerprint density at radius 1 is 1.14 bits per heavy atom. The number of aliphatic imine (C=N–C) groups is 1. The van der Waals surface area contributed by atoms with Crippen LogP contribution in [0.15, 0.2) is 35.3 Å². The number of benzene rings is 1. The Balaban J connectivity index is 1.35. The minimum absolute atomic E-state index is 0.113. The van der Waals surface area contributed by atoms with E-state index in [2.05, 4.69) is 17.1 Å². The van der Waals surface area contributed by atoms with Gasteiger partial charge in [-0.05, 0) is 5.56 Å². The maximum absolute atomic E-state index is 5.98. The van der Waals surface area contributed by atoms with E-state index in [-0.39, 0.29) is 30.3 Å². The van der Waals surface area contributed by atoms with E-state index in [4.69, 9.17) is 14.2 Å². The fourth-order valence-corrected chi connectivity index (χ4v) is 3.26. The lowest BCUT2D eigenvalue weighted by Crippen LogP contribution is -2.34. The van der Waals surface area contributed by atoms with Gasteiger partial charge in [0.2, 0.25) is 0 Å². The van der Waals surface area contributed by atoms with Gasteiger partial charge in [-0.3, -0.25) is 0 Å². The molecule has 0 aromatic heterocycles. The first-order valence-electron chi connectivity index (χ1n) is 7.43. The number of fused-ring (bicyclic) bond motifs is 3. The predicted octanol–water partition coefficient (Wildman–Crippen LogP) is 1.29. The largest absolute Gasteiger partial charge is 0.459 e. The molecule has 1 aliphatic carbocycles. The lowest BCUT2D eigenvalue weighted by molar-refractivity contribution is 0.0109. The van der Waals surface area contributed by atoms with E-state index >= 15 is 0 Å². The lowest BCUT2D eigenvalue weighted by Gasteiger charge is -2.22. The molecule has 5 heteroatoms. The second-order valence-corrected chi connectivity index (χ2v) is 6.11. The molecule has 4 rings (SSSR count). The summed E-state index contributed by atoms with van der Waals surface area (Å²) in [4.78, 5) is 6.54. The molecule has 2 fully saturated rings. The van der Waals surface area contributed by atoms with Gasteiger partial charge in [-0.25, -0.2) is 4.99 Å². The summed E-state index contributed by atoms with van der Waals surface area (Å²) in [5.74, 6) is 0.282. The molecule has 5 nitrogen and oxygen atoms in total. The molecule has 2 aliphatic heterocycles. The average molecular weight is 288 g/mol. The summed E-state index contributed by atoms with van der Waals surface area (Å²) in [6.45, 7) is 1.29. The first-order chi connectivity index (χ1) is 10.2. The number of ether oxygens (including phenoxy) is 3. The summed E-state index contributed by atoms with van der Waals surface area (Å²) >= 11 is 0. The van der Waals surface area contributed by atoms with Crippen molar-refractivity contribution < 1.29 is 14.2 Å². The van der Waals surface area contributed by atoms with E-state index in [0.29, 0.717) is 19.2 Å². The molecule has 1 aromatic carbocycles. The van der Waals surface area contributed by atoms with Gasteiger partial charge in [-0.15, -0.1) is 0 Å². The highest BCUT2D eigenvalue weighted by Crippen LogP contribution is 2.48. The van der Waals surface area contributed by atoms with Crippen LogP contribution in [0.3, 0.4) is 0 Å². The number of amidine groups is 1. The molecule has 1 aromatic rings. The van der Waals surface area contributed by atoms with Crippen molar-refractivity contribution in [1.29, 1.82) is 0 Å². The van der Waals surface area contributed by atoms with Crippen molar-refractivity contribution in [3.63, 3.8) is 0 Å². The van der Waals surface area contributed by atoms with Gasteiger partial charge in [0.1, 0.15) is 18.2 Å². The first-order valence-corrected chi connectivity index (χ1v) is 7.43. The second kappa shape index (κ2) is 5.00. The van der Waals surface area contributed by atoms with Crippen molar-refractivity contribution in [2.75, 3.05) is 20.7 Å². The molecule has 5 atom stereocenters. The molecule has 112 valence electrons. The number of hydrogen-bond donors (Lipinski definition) is 0. The third kappa shape index (κ3) is 2.30. The van der Waals surface area contributed by atoms with Crippen LogP contribution in [0, 0.1) is 5.92 Å². The molecule has 0 amide bonds. The number of nitrogens with zero attached hydrogens (tertiary/aromatic N) is 2.